The molecule has 0 fully saturated rings. The van der Waals surface area contributed by atoms with Gasteiger partial charge < -0.3 is 14.8 Å². The summed E-state index contributed by atoms with van der Waals surface area (Å²) in [4.78, 5) is 28.7. The van der Waals surface area contributed by atoms with E-state index in [0.717, 1.165) is 5.56 Å². The summed E-state index contributed by atoms with van der Waals surface area (Å²) in [5.74, 6) is 0.841. The Kier molecular flexibility index (Phi) is 7.00. The minimum absolute atomic E-state index is 0.0933. The SMILES string of the molecule is COc1ccc(-c2nc(NC(=O)[C@H](C)NC(=O)/C=C/c3ccccc3)n[nH]2)cc1OC. The second-order valence-electron chi connectivity index (χ2n) is 6.54. The van der Waals surface area contributed by atoms with Gasteiger partial charge in [0.15, 0.2) is 17.3 Å². The summed E-state index contributed by atoms with van der Waals surface area (Å²) >= 11 is 0. The fraction of sp³-hybridized carbons (Fsp3) is 0.182. The molecule has 2 amide bonds. The number of carbonyl (C=O) groups excluding carboxylic acids is 2. The number of amides is 2. The van der Waals surface area contributed by atoms with Crippen LogP contribution in [0.2, 0.25) is 0 Å². The zero-order chi connectivity index (χ0) is 22.2. The Labute approximate surface area is 179 Å². The second kappa shape index (κ2) is 10.1. The number of nitrogens with zero attached hydrogens (tertiary/aromatic N) is 2. The number of aromatic amines is 1. The van der Waals surface area contributed by atoms with Crippen LogP contribution in [0.3, 0.4) is 0 Å². The molecule has 3 rings (SSSR count). The summed E-state index contributed by atoms with van der Waals surface area (Å²) in [7, 11) is 3.09. The third-order valence-corrected chi connectivity index (χ3v) is 4.36. The van der Waals surface area contributed by atoms with Crippen molar-refractivity contribution in [3.8, 4) is 22.9 Å². The first-order valence-electron chi connectivity index (χ1n) is 9.49. The van der Waals surface area contributed by atoms with E-state index in [-0.39, 0.29) is 11.9 Å². The van der Waals surface area contributed by atoms with Crippen LogP contribution in [-0.2, 0) is 9.59 Å². The Hall–Kier alpha value is -4.14. The van der Waals surface area contributed by atoms with Crippen molar-refractivity contribution in [1.29, 1.82) is 0 Å². The van der Waals surface area contributed by atoms with Gasteiger partial charge >= 0.3 is 0 Å². The molecule has 1 atom stereocenters. The number of aromatic nitrogens is 3. The van der Waals surface area contributed by atoms with Crippen molar-refractivity contribution in [2.45, 2.75) is 13.0 Å². The van der Waals surface area contributed by atoms with Gasteiger partial charge in [0.2, 0.25) is 17.8 Å². The highest BCUT2D eigenvalue weighted by Gasteiger charge is 2.17. The molecule has 0 saturated heterocycles. The van der Waals surface area contributed by atoms with Crippen LogP contribution in [0.5, 0.6) is 11.5 Å². The number of benzene rings is 2. The third-order valence-electron chi connectivity index (χ3n) is 4.36. The molecule has 0 saturated carbocycles. The standard InChI is InChI=1S/C22H23N5O4/c1-14(23-19(28)12-9-15-7-5-4-6-8-15)21(29)25-22-24-20(26-27-22)16-10-11-17(30-2)18(13-16)31-3/h4-14H,1-3H3,(H,23,28)(H2,24,25,26,27,29)/b12-9+/t14-/m0/s1. The van der Waals surface area contributed by atoms with Gasteiger partial charge in [-0.3, -0.25) is 20.0 Å². The van der Waals surface area contributed by atoms with E-state index in [1.807, 2.05) is 30.3 Å². The lowest BCUT2D eigenvalue weighted by molar-refractivity contribution is -0.123. The number of hydrogen-bond acceptors (Lipinski definition) is 6. The van der Waals surface area contributed by atoms with Crippen LogP contribution in [-0.4, -0.2) is 47.3 Å². The molecule has 2 aromatic carbocycles. The first-order valence-corrected chi connectivity index (χ1v) is 9.49. The van der Waals surface area contributed by atoms with E-state index >= 15 is 0 Å². The lowest BCUT2D eigenvalue weighted by Gasteiger charge is -2.11. The first kappa shape index (κ1) is 21.6. The van der Waals surface area contributed by atoms with Crippen molar-refractivity contribution in [1.82, 2.24) is 20.5 Å². The van der Waals surface area contributed by atoms with Crippen molar-refractivity contribution < 1.29 is 19.1 Å². The molecule has 0 unspecified atom stereocenters. The highest BCUT2D eigenvalue weighted by molar-refractivity contribution is 5.99. The van der Waals surface area contributed by atoms with Gasteiger partial charge in [-0.05, 0) is 36.8 Å². The van der Waals surface area contributed by atoms with Crippen LogP contribution in [0, 0.1) is 0 Å². The molecule has 0 bridgehead atoms. The maximum atomic E-state index is 12.4. The Balaban J connectivity index is 1.59. The first-order chi connectivity index (χ1) is 15.0. The fourth-order valence-corrected chi connectivity index (χ4v) is 2.71. The summed E-state index contributed by atoms with van der Waals surface area (Å²) in [5, 5.41) is 11.9. The minimum atomic E-state index is -0.782. The third kappa shape index (κ3) is 5.69. The number of methoxy groups -OCH3 is 2. The number of nitrogens with one attached hydrogen (secondary N) is 3. The molecular weight excluding hydrogens is 398 g/mol. The Morgan fingerprint density at radius 1 is 1.06 bits per heavy atom. The van der Waals surface area contributed by atoms with E-state index < -0.39 is 11.9 Å². The molecule has 0 aliphatic rings. The van der Waals surface area contributed by atoms with Gasteiger partial charge in [0.1, 0.15) is 6.04 Å². The molecule has 0 radical (unpaired) electrons. The normalized spacial score (nSPS) is 11.7. The molecule has 0 aliphatic carbocycles. The van der Waals surface area contributed by atoms with E-state index in [0.29, 0.717) is 22.9 Å². The summed E-state index contributed by atoms with van der Waals surface area (Å²) in [6.45, 7) is 1.57. The monoisotopic (exact) mass is 421 g/mol. The van der Waals surface area contributed by atoms with Gasteiger partial charge in [-0.15, -0.1) is 5.10 Å². The van der Waals surface area contributed by atoms with Crippen LogP contribution >= 0.6 is 0 Å². The van der Waals surface area contributed by atoms with Crippen LogP contribution in [0.4, 0.5) is 5.95 Å². The van der Waals surface area contributed by atoms with Crippen LogP contribution < -0.4 is 20.1 Å². The number of carbonyl (C=O) groups is 2. The Morgan fingerprint density at radius 2 is 1.81 bits per heavy atom. The van der Waals surface area contributed by atoms with E-state index in [1.54, 1.807) is 45.4 Å². The average molecular weight is 421 g/mol. The van der Waals surface area contributed by atoms with Crippen molar-refractivity contribution in [3.63, 3.8) is 0 Å². The van der Waals surface area contributed by atoms with Crippen molar-refractivity contribution in [2.24, 2.45) is 0 Å². The summed E-state index contributed by atoms with van der Waals surface area (Å²) < 4.78 is 10.5. The van der Waals surface area contributed by atoms with Crippen LogP contribution in [0.15, 0.2) is 54.6 Å². The predicted molar refractivity (Wildman–Crippen MR) is 117 cm³/mol. The number of anilines is 1. The summed E-state index contributed by atoms with van der Waals surface area (Å²) in [6.07, 6.45) is 3.05. The summed E-state index contributed by atoms with van der Waals surface area (Å²) in [6, 6.07) is 13.9. The molecule has 3 aromatic rings. The molecule has 9 nitrogen and oxygen atoms in total. The van der Waals surface area contributed by atoms with E-state index in [9.17, 15) is 9.59 Å². The largest absolute Gasteiger partial charge is 0.493 e. The van der Waals surface area contributed by atoms with Gasteiger partial charge in [0, 0.05) is 11.6 Å². The number of H-pyrrole nitrogens is 1. The molecule has 0 aliphatic heterocycles. The molecule has 31 heavy (non-hydrogen) atoms. The van der Waals surface area contributed by atoms with Crippen LogP contribution in [0.1, 0.15) is 12.5 Å². The number of ether oxygens (including phenoxy) is 2. The lowest BCUT2D eigenvalue weighted by atomic mass is 10.2. The maximum Gasteiger partial charge on any atom is 0.249 e. The molecule has 160 valence electrons. The second-order valence-corrected chi connectivity index (χ2v) is 6.54. The van der Waals surface area contributed by atoms with Crippen molar-refractivity contribution in [2.75, 3.05) is 19.5 Å². The molecule has 1 aromatic heterocycles. The molecular formula is C22H23N5O4. The molecule has 9 heteroatoms. The molecule has 0 spiro atoms. The van der Waals surface area contributed by atoms with Gasteiger partial charge in [-0.25, -0.2) is 0 Å². The number of hydrogen-bond donors (Lipinski definition) is 3. The van der Waals surface area contributed by atoms with Crippen molar-refractivity contribution >= 4 is 23.8 Å². The quantitative estimate of drug-likeness (QED) is 0.481. The van der Waals surface area contributed by atoms with Crippen LogP contribution in [0.25, 0.3) is 17.5 Å². The lowest BCUT2D eigenvalue weighted by Crippen LogP contribution is -2.41. The van der Waals surface area contributed by atoms with Crippen molar-refractivity contribution in [3.05, 3.63) is 60.2 Å². The van der Waals surface area contributed by atoms with Gasteiger partial charge in [-0.2, -0.15) is 4.98 Å². The minimum Gasteiger partial charge on any atom is -0.493 e. The maximum absolute atomic E-state index is 12.4. The van der Waals surface area contributed by atoms with E-state index in [1.165, 1.54) is 6.08 Å². The smallest absolute Gasteiger partial charge is 0.249 e. The highest BCUT2D eigenvalue weighted by atomic mass is 16.5. The predicted octanol–water partition coefficient (Wildman–Crippen LogP) is 2.65. The van der Waals surface area contributed by atoms with Gasteiger partial charge in [0.05, 0.1) is 14.2 Å². The van der Waals surface area contributed by atoms with E-state index in [2.05, 4.69) is 25.8 Å². The van der Waals surface area contributed by atoms with Gasteiger partial charge in [-0.1, -0.05) is 30.3 Å². The molecule has 3 N–H and O–H groups in total. The Morgan fingerprint density at radius 3 is 2.52 bits per heavy atom. The molecule has 1 heterocycles. The summed E-state index contributed by atoms with van der Waals surface area (Å²) in [5.41, 5.74) is 1.59. The van der Waals surface area contributed by atoms with E-state index in [4.69, 9.17) is 9.47 Å². The zero-order valence-electron chi connectivity index (χ0n) is 17.4. The fourth-order valence-electron chi connectivity index (χ4n) is 2.71. The topological polar surface area (TPSA) is 118 Å². The number of rotatable bonds is 8. The Bertz CT molecular complexity index is 1080. The zero-order valence-corrected chi connectivity index (χ0v) is 17.4. The van der Waals surface area contributed by atoms with Gasteiger partial charge in [0.25, 0.3) is 0 Å². The average Bonchev–Trinajstić information content (AvgIpc) is 3.26. The highest BCUT2D eigenvalue weighted by Crippen LogP contribution is 2.31.